The van der Waals surface area contributed by atoms with Crippen LogP contribution in [0.2, 0.25) is 0 Å². The number of aromatic nitrogens is 1. The molecule has 1 aromatic heterocycles. The largest absolute Gasteiger partial charge is 0.391 e. The van der Waals surface area contributed by atoms with Crippen LogP contribution in [0.3, 0.4) is 0 Å². The van der Waals surface area contributed by atoms with Gasteiger partial charge in [-0.2, -0.15) is 0 Å². The predicted molar refractivity (Wildman–Crippen MR) is 85.5 cm³/mol. The molecule has 116 valence electrons. The molecule has 0 saturated carbocycles. The number of aliphatic hydroxyl groups is 1. The van der Waals surface area contributed by atoms with E-state index in [1.54, 1.807) is 28.9 Å². The van der Waals surface area contributed by atoms with Crippen molar-refractivity contribution in [2.45, 2.75) is 50.0 Å². The Hall–Kier alpha value is -1.07. The number of β-amino-alcohol motifs (C(OH)–C–C–N with tert-alkyl or cyclic N) is 1. The third kappa shape index (κ3) is 4.45. The zero-order chi connectivity index (χ0) is 15.6. The first-order chi connectivity index (χ1) is 9.76. The molecule has 0 aromatic carbocycles. The molecule has 5 heteroatoms. The number of aliphatic hydroxyl groups excluding tert-OH is 1. The number of rotatable bonds is 2. The number of pyridine rings is 1. The molecule has 0 bridgehead atoms. The molecule has 1 amide bonds. The number of amides is 1. The van der Waals surface area contributed by atoms with Crippen molar-refractivity contribution in [1.29, 1.82) is 0 Å². The Bertz CT molecular complexity index is 513. The molecule has 21 heavy (non-hydrogen) atoms. The van der Waals surface area contributed by atoms with E-state index in [4.69, 9.17) is 0 Å². The summed E-state index contributed by atoms with van der Waals surface area (Å²) in [5.41, 5.74) is 0.651. The predicted octanol–water partition coefficient (Wildman–Crippen LogP) is 2.82. The van der Waals surface area contributed by atoms with Gasteiger partial charge in [0.25, 0.3) is 5.91 Å². The molecule has 1 saturated heterocycles. The fourth-order valence-electron chi connectivity index (χ4n) is 2.33. The van der Waals surface area contributed by atoms with Crippen LogP contribution >= 0.6 is 11.8 Å². The first-order valence-corrected chi connectivity index (χ1v) is 8.20. The molecule has 0 aliphatic carbocycles. The Labute approximate surface area is 130 Å². The molecular weight excluding hydrogens is 284 g/mol. The van der Waals surface area contributed by atoms with Crippen molar-refractivity contribution in [3.05, 3.63) is 23.9 Å². The number of carbonyl (C=O) groups is 1. The summed E-state index contributed by atoms with van der Waals surface area (Å²) in [5, 5.41) is 10.8. The molecule has 0 spiro atoms. The second kappa shape index (κ2) is 6.36. The van der Waals surface area contributed by atoms with Crippen molar-refractivity contribution < 1.29 is 9.90 Å². The van der Waals surface area contributed by atoms with Gasteiger partial charge in [0, 0.05) is 29.6 Å². The minimum atomic E-state index is -0.423. The lowest BCUT2D eigenvalue weighted by molar-refractivity contribution is 0.0248. The van der Waals surface area contributed by atoms with E-state index in [1.807, 2.05) is 13.0 Å². The summed E-state index contributed by atoms with van der Waals surface area (Å²) in [6.07, 6.45) is 2.11. The highest BCUT2D eigenvalue weighted by atomic mass is 32.2. The van der Waals surface area contributed by atoms with E-state index >= 15 is 0 Å². The van der Waals surface area contributed by atoms with Crippen LogP contribution in [-0.4, -0.2) is 44.8 Å². The molecule has 2 heterocycles. The molecule has 4 nitrogen and oxygen atoms in total. The average molecular weight is 308 g/mol. The van der Waals surface area contributed by atoms with Crippen molar-refractivity contribution in [3.8, 4) is 0 Å². The van der Waals surface area contributed by atoms with Gasteiger partial charge < -0.3 is 10.0 Å². The number of hydrogen-bond donors (Lipinski definition) is 1. The summed E-state index contributed by atoms with van der Waals surface area (Å²) in [7, 11) is 0. The number of likely N-dealkylation sites (tertiary alicyclic amines) is 1. The van der Waals surface area contributed by atoms with Crippen molar-refractivity contribution in [3.63, 3.8) is 0 Å². The number of hydrogen-bond acceptors (Lipinski definition) is 4. The lowest BCUT2D eigenvalue weighted by atomic mass is 9.95. The molecule has 2 atom stereocenters. The van der Waals surface area contributed by atoms with Crippen LogP contribution < -0.4 is 0 Å². The molecule has 1 aliphatic rings. The van der Waals surface area contributed by atoms with E-state index in [-0.39, 0.29) is 16.6 Å². The first kappa shape index (κ1) is 16.3. The average Bonchev–Trinajstić information content (AvgIpc) is 2.39. The van der Waals surface area contributed by atoms with Crippen molar-refractivity contribution in [2.75, 3.05) is 13.1 Å². The van der Waals surface area contributed by atoms with Gasteiger partial charge in [0.1, 0.15) is 0 Å². The Morgan fingerprint density at radius 1 is 1.48 bits per heavy atom. The van der Waals surface area contributed by atoms with Gasteiger partial charge in [0.15, 0.2) is 0 Å². The van der Waals surface area contributed by atoms with Crippen LogP contribution in [0.25, 0.3) is 0 Å². The molecule has 1 aromatic rings. The first-order valence-electron chi connectivity index (χ1n) is 7.38. The third-order valence-electron chi connectivity index (χ3n) is 3.60. The SMILES string of the molecule is CC1CCN(C(=O)c2ccnc(SC(C)(C)C)c2)CC1O. The van der Waals surface area contributed by atoms with E-state index in [0.717, 1.165) is 11.4 Å². The summed E-state index contributed by atoms with van der Waals surface area (Å²) >= 11 is 1.65. The minimum absolute atomic E-state index is 0.0147. The van der Waals surface area contributed by atoms with Gasteiger partial charge >= 0.3 is 0 Å². The van der Waals surface area contributed by atoms with Gasteiger partial charge in [-0.1, -0.05) is 27.7 Å². The number of carbonyl (C=O) groups excluding carboxylic acids is 1. The van der Waals surface area contributed by atoms with Crippen LogP contribution in [0.4, 0.5) is 0 Å². The maximum absolute atomic E-state index is 12.5. The molecule has 1 N–H and O–H groups in total. The number of nitrogens with zero attached hydrogens (tertiary/aromatic N) is 2. The molecular formula is C16H24N2O2S. The molecule has 1 aliphatic heterocycles. The number of piperidine rings is 1. The van der Waals surface area contributed by atoms with E-state index in [2.05, 4.69) is 25.8 Å². The van der Waals surface area contributed by atoms with Gasteiger partial charge in [-0.15, -0.1) is 11.8 Å². The lowest BCUT2D eigenvalue weighted by Gasteiger charge is -2.34. The van der Waals surface area contributed by atoms with E-state index in [9.17, 15) is 9.90 Å². The zero-order valence-electron chi connectivity index (χ0n) is 13.2. The minimum Gasteiger partial charge on any atom is -0.391 e. The summed E-state index contributed by atoms with van der Waals surface area (Å²) in [4.78, 5) is 18.6. The standard InChI is InChI=1S/C16H24N2O2S/c1-11-6-8-18(10-13(11)19)15(20)12-5-7-17-14(9-12)21-16(2,3)4/h5,7,9,11,13,19H,6,8,10H2,1-4H3. The van der Waals surface area contributed by atoms with Crippen LogP contribution in [0.5, 0.6) is 0 Å². The van der Waals surface area contributed by atoms with Gasteiger partial charge in [-0.05, 0) is 24.5 Å². The van der Waals surface area contributed by atoms with Gasteiger partial charge in [0.05, 0.1) is 11.1 Å². The second-order valence-corrected chi connectivity index (χ2v) is 8.53. The smallest absolute Gasteiger partial charge is 0.254 e. The molecule has 0 radical (unpaired) electrons. The number of thioether (sulfide) groups is 1. The van der Waals surface area contributed by atoms with Gasteiger partial charge in [-0.25, -0.2) is 4.98 Å². The Morgan fingerprint density at radius 2 is 2.19 bits per heavy atom. The highest BCUT2D eigenvalue weighted by Crippen LogP contribution is 2.30. The summed E-state index contributed by atoms with van der Waals surface area (Å²) < 4.78 is 0.0609. The van der Waals surface area contributed by atoms with Gasteiger partial charge in [0.2, 0.25) is 0 Å². The molecule has 1 fully saturated rings. The van der Waals surface area contributed by atoms with Crippen LogP contribution in [0.1, 0.15) is 44.5 Å². The van der Waals surface area contributed by atoms with Crippen LogP contribution in [0, 0.1) is 5.92 Å². The third-order valence-corrected chi connectivity index (χ3v) is 4.64. The van der Waals surface area contributed by atoms with E-state index in [1.165, 1.54) is 0 Å². The lowest BCUT2D eigenvalue weighted by Crippen LogP contribution is -2.45. The van der Waals surface area contributed by atoms with Crippen LogP contribution in [0.15, 0.2) is 23.4 Å². The maximum Gasteiger partial charge on any atom is 0.254 e. The van der Waals surface area contributed by atoms with Crippen LogP contribution in [-0.2, 0) is 0 Å². The Morgan fingerprint density at radius 3 is 2.81 bits per heavy atom. The topological polar surface area (TPSA) is 53.4 Å². The van der Waals surface area contributed by atoms with Crippen molar-refractivity contribution >= 4 is 17.7 Å². The van der Waals surface area contributed by atoms with Crippen molar-refractivity contribution in [1.82, 2.24) is 9.88 Å². The Balaban J connectivity index is 2.11. The van der Waals surface area contributed by atoms with E-state index < -0.39 is 6.10 Å². The maximum atomic E-state index is 12.5. The highest BCUT2D eigenvalue weighted by molar-refractivity contribution is 8.00. The molecule has 2 rings (SSSR count). The monoisotopic (exact) mass is 308 g/mol. The fraction of sp³-hybridized carbons (Fsp3) is 0.625. The van der Waals surface area contributed by atoms with Crippen molar-refractivity contribution in [2.24, 2.45) is 5.92 Å². The van der Waals surface area contributed by atoms with E-state index in [0.29, 0.717) is 18.7 Å². The Kier molecular flexibility index (Phi) is 4.94. The highest BCUT2D eigenvalue weighted by Gasteiger charge is 2.28. The summed E-state index contributed by atoms with van der Waals surface area (Å²) in [5.74, 6) is 0.248. The normalized spacial score (nSPS) is 23.2. The zero-order valence-corrected chi connectivity index (χ0v) is 14.0. The summed E-state index contributed by atoms with van der Waals surface area (Å²) in [6.45, 7) is 9.52. The second-order valence-electron chi connectivity index (χ2n) is 6.68. The summed E-state index contributed by atoms with van der Waals surface area (Å²) in [6, 6.07) is 3.60. The molecule has 2 unspecified atom stereocenters. The van der Waals surface area contributed by atoms with Gasteiger partial charge in [-0.3, -0.25) is 4.79 Å². The fourth-order valence-corrected chi connectivity index (χ4v) is 3.25. The quantitative estimate of drug-likeness (QED) is 0.854.